The summed E-state index contributed by atoms with van der Waals surface area (Å²) in [6.07, 6.45) is 8.34. The summed E-state index contributed by atoms with van der Waals surface area (Å²) >= 11 is 0. The Labute approximate surface area is 146 Å². The summed E-state index contributed by atoms with van der Waals surface area (Å²) in [7, 11) is 0. The van der Waals surface area contributed by atoms with Crippen LogP contribution in [0, 0.1) is 0 Å². The van der Waals surface area contributed by atoms with Gasteiger partial charge in [0, 0.05) is 19.4 Å². The van der Waals surface area contributed by atoms with Gasteiger partial charge in [0.15, 0.2) is 17.3 Å². The molecule has 4 heterocycles. The Morgan fingerprint density at radius 3 is 2.84 bits per heavy atom. The highest BCUT2D eigenvalue weighted by atomic mass is 16.4. The average molecular weight is 336 g/mol. The molecule has 0 spiro atoms. The topological polar surface area (TPSA) is 59.9 Å². The molecule has 0 aliphatic carbocycles. The molecule has 0 aromatic carbocycles. The van der Waals surface area contributed by atoms with E-state index in [9.17, 15) is 4.79 Å². The van der Waals surface area contributed by atoms with Gasteiger partial charge in [-0.1, -0.05) is 26.3 Å². The van der Waals surface area contributed by atoms with Crippen LogP contribution in [0.2, 0.25) is 0 Å². The minimum Gasteiger partial charge on any atom is -0.415 e. The molecule has 0 amide bonds. The molecule has 128 valence electrons. The molecule has 3 aromatic rings. The number of hydrogen-bond acceptors (Lipinski definition) is 4. The van der Waals surface area contributed by atoms with Gasteiger partial charge in [-0.2, -0.15) is 4.57 Å². The normalized spacial score (nSPS) is 24.9. The van der Waals surface area contributed by atoms with Gasteiger partial charge in [0.05, 0.1) is 11.1 Å². The Morgan fingerprint density at radius 1 is 1.36 bits per heavy atom. The fourth-order valence-electron chi connectivity index (χ4n) is 4.63. The van der Waals surface area contributed by atoms with Crippen LogP contribution in [0.15, 0.2) is 46.5 Å². The highest BCUT2D eigenvalue weighted by Crippen LogP contribution is 2.49. The van der Waals surface area contributed by atoms with Gasteiger partial charge in [-0.25, -0.2) is 14.8 Å². The van der Waals surface area contributed by atoms with Gasteiger partial charge in [-0.15, -0.1) is 6.58 Å². The van der Waals surface area contributed by atoms with Crippen LogP contribution in [0.3, 0.4) is 0 Å². The molecule has 5 nitrogen and oxygen atoms in total. The number of allylic oxidation sites excluding steroid dienone is 1. The Hall–Kier alpha value is -2.56. The van der Waals surface area contributed by atoms with Crippen molar-refractivity contribution >= 4 is 22.0 Å². The molecule has 3 aromatic heterocycles. The van der Waals surface area contributed by atoms with Crippen LogP contribution >= 0.6 is 0 Å². The van der Waals surface area contributed by atoms with E-state index >= 15 is 0 Å². The van der Waals surface area contributed by atoms with Gasteiger partial charge in [0.25, 0.3) is 5.52 Å². The summed E-state index contributed by atoms with van der Waals surface area (Å²) in [6.45, 7) is 10.8. The lowest BCUT2D eigenvalue weighted by Crippen LogP contribution is -2.67. The predicted octanol–water partition coefficient (Wildman–Crippen LogP) is 3.39. The Balaban J connectivity index is 2.36. The number of rotatable bonds is 4. The lowest BCUT2D eigenvalue weighted by atomic mass is 9.61. The summed E-state index contributed by atoms with van der Waals surface area (Å²) in [4.78, 5) is 21.4. The Bertz CT molecular complexity index is 1070. The minimum atomic E-state index is -0.418. The molecule has 0 fully saturated rings. The molecule has 1 aliphatic rings. The quantitative estimate of drug-likeness (QED) is 0.416. The van der Waals surface area contributed by atoms with Gasteiger partial charge in [-0.3, -0.25) is 0 Å². The summed E-state index contributed by atoms with van der Waals surface area (Å²) in [5.41, 5.74) is 1.64. The molecule has 0 saturated heterocycles. The smallest absolute Gasteiger partial charge is 0.363 e. The second-order valence-corrected chi connectivity index (χ2v) is 6.98. The first-order valence-electron chi connectivity index (χ1n) is 8.80. The maximum absolute atomic E-state index is 12.5. The molecule has 2 unspecified atom stereocenters. The van der Waals surface area contributed by atoms with E-state index in [4.69, 9.17) is 4.42 Å². The maximum atomic E-state index is 12.5. The zero-order chi connectivity index (χ0) is 17.8. The molecule has 0 bridgehead atoms. The fraction of sp³-hybridized carbons (Fsp3) is 0.400. The van der Waals surface area contributed by atoms with Crippen molar-refractivity contribution in [3.8, 4) is 0 Å². The van der Waals surface area contributed by atoms with Crippen LogP contribution in [0.25, 0.3) is 22.0 Å². The zero-order valence-electron chi connectivity index (χ0n) is 14.9. The van der Waals surface area contributed by atoms with E-state index in [1.165, 1.54) is 6.33 Å². The summed E-state index contributed by atoms with van der Waals surface area (Å²) in [5, 5.41) is 0.800. The average Bonchev–Trinajstić information content (AvgIpc) is 2.64. The second kappa shape index (κ2) is 5.22. The van der Waals surface area contributed by atoms with Gasteiger partial charge in [0.1, 0.15) is 11.7 Å². The lowest BCUT2D eigenvalue weighted by Gasteiger charge is -2.44. The summed E-state index contributed by atoms with van der Waals surface area (Å²) < 4.78 is 7.79. The first kappa shape index (κ1) is 15.9. The standard InChI is InChI=1S/C20H22N3O2/c1-5-10-20(7-3)17-14-15(21-12-22-17)18(24)25-13-9-8-11-23(16(13)14)19(20,4)6-2/h7-9,11-12H,3,5-6,10H2,1-2,4H3/q+1. The third-order valence-corrected chi connectivity index (χ3v) is 6.03. The summed E-state index contributed by atoms with van der Waals surface area (Å²) in [6, 6.07) is 3.76. The van der Waals surface area contributed by atoms with Crippen molar-refractivity contribution < 1.29 is 8.98 Å². The third kappa shape index (κ3) is 1.73. The molecular formula is C20H22N3O2+. The highest BCUT2D eigenvalue weighted by Gasteiger charge is 2.58. The van der Waals surface area contributed by atoms with Crippen molar-refractivity contribution in [2.45, 2.75) is 51.0 Å². The molecular weight excluding hydrogens is 314 g/mol. The van der Waals surface area contributed by atoms with E-state index in [-0.39, 0.29) is 11.0 Å². The van der Waals surface area contributed by atoms with Crippen molar-refractivity contribution in [1.29, 1.82) is 0 Å². The predicted molar refractivity (Wildman–Crippen MR) is 96.5 cm³/mol. The molecule has 2 atom stereocenters. The van der Waals surface area contributed by atoms with E-state index in [0.29, 0.717) is 11.1 Å². The largest absolute Gasteiger partial charge is 0.415 e. The number of nitrogens with zero attached hydrogens (tertiary/aromatic N) is 3. The van der Waals surface area contributed by atoms with Crippen molar-refractivity contribution in [3.05, 3.63) is 53.4 Å². The fourth-order valence-corrected chi connectivity index (χ4v) is 4.63. The van der Waals surface area contributed by atoms with Gasteiger partial charge >= 0.3 is 5.63 Å². The molecule has 25 heavy (non-hydrogen) atoms. The molecule has 5 heteroatoms. The number of pyridine rings is 1. The van der Waals surface area contributed by atoms with Gasteiger partial charge in [-0.05, 0) is 12.5 Å². The van der Waals surface area contributed by atoms with Crippen LogP contribution in [-0.2, 0) is 11.0 Å². The van der Waals surface area contributed by atoms with E-state index in [1.807, 2.05) is 18.2 Å². The first-order valence-corrected chi connectivity index (χ1v) is 8.80. The second-order valence-electron chi connectivity index (χ2n) is 6.98. The maximum Gasteiger partial charge on any atom is 0.363 e. The van der Waals surface area contributed by atoms with Gasteiger partial charge < -0.3 is 4.42 Å². The van der Waals surface area contributed by atoms with Crippen LogP contribution < -0.4 is 10.2 Å². The van der Waals surface area contributed by atoms with Crippen molar-refractivity contribution in [2.75, 3.05) is 0 Å². The van der Waals surface area contributed by atoms with E-state index in [1.54, 1.807) is 0 Å². The lowest BCUT2D eigenvalue weighted by molar-refractivity contribution is -0.749. The van der Waals surface area contributed by atoms with Crippen molar-refractivity contribution in [2.24, 2.45) is 0 Å². The van der Waals surface area contributed by atoms with Crippen molar-refractivity contribution in [3.63, 3.8) is 0 Å². The van der Waals surface area contributed by atoms with Crippen molar-refractivity contribution in [1.82, 2.24) is 9.97 Å². The monoisotopic (exact) mass is 336 g/mol. The Kier molecular flexibility index (Phi) is 3.33. The van der Waals surface area contributed by atoms with Crippen LogP contribution in [0.4, 0.5) is 0 Å². The van der Waals surface area contributed by atoms with E-state index < -0.39 is 5.63 Å². The number of hydrogen-bond donors (Lipinski definition) is 0. The van der Waals surface area contributed by atoms with Crippen LogP contribution in [-0.4, -0.2) is 9.97 Å². The summed E-state index contributed by atoms with van der Waals surface area (Å²) in [5.74, 6) is 0. The molecule has 0 N–H and O–H groups in total. The van der Waals surface area contributed by atoms with Gasteiger partial charge in [0.2, 0.25) is 5.58 Å². The Morgan fingerprint density at radius 2 is 2.16 bits per heavy atom. The first-order chi connectivity index (χ1) is 12.0. The number of aromatic nitrogens is 3. The highest BCUT2D eigenvalue weighted by molar-refractivity contribution is 6.01. The molecule has 0 radical (unpaired) electrons. The molecule has 1 aliphatic heterocycles. The SMILES string of the molecule is C=CC1(CCC)c2ncnc3c(=O)oc4ccc[n+](c4c23)C1(C)CC. The zero-order valence-corrected chi connectivity index (χ0v) is 14.9. The minimum absolute atomic E-state index is 0.265. The third-order valence-electron chi connectivity index (χ3n) is 6.03. The molecule has 4 rings (SSSR count). The van der Waals surface area contributed by atoms with Crippen LogP contribution in [0.5, 0.6) is 0 Å². The molecule has 0 saturated carbocycles. The van der Waals surface area contributed by atoms with E-state index in [2.05, 4.69) is 48.1 Å². The van der Waals surface area contributed by atoms with E-state index in [0.717, 1.165) is 35.9 Å². The van der Waals surface area contributed by atoms with Crippen LogP contribution in [0.1, 0.15) is 45.7 Å².